The van der Waals surface area contributed by atoms with E-state index < -0.39 is 0 Å². The van der Waals surface area contributed by atoms with Crippen molar-refractivity contribution < 1.29 is 14.6 Å². The molecule has 2 heterocycles. The Morgan fingerprint density at radius 2 is 1.87 bits per heavy atom. The van der Waals surface area contributed by atoms with Gasteiger partial charge in [-0.2, -0.15) is 0 Å². The van der Waals surface area contributed by atoms with Gasteiger partial charge in [0.05, 0.1) is 31.3 Å². The Balaban J connectivity index is 1.72. The van der Waals surface area contributed by atoms with Crippen molar-refractivity contribution in [2.45, 2.75) is 0 Å². The van der Waals surface area contributed by atoms with E-state index in [1.165, 1.54) is 6.07 Å². The molecule has 1 aromatic heterocycles. The van der Waals surface area contributed by atoms with Crippen molar-refractivity contribution in [2.24, 2.45) is 0 Å². The zero-order valence-corrected chi connectivity index (χ0v) is 12.9. The smallest absolute Gasteiger partial charge is 0.357 e. The molecule has 0 amide bonds. The number of hydrogen-bond acceptors (Lipinski definition) is 5. The van der Waals surface area contributed by atoms with Gasteiger partial charge in [0.1, 0.15) is 18.8 Å². The highest BCUT2D eigenvalue weighted by Gasteiger charge is 2.30. The molecular weight excluding hydrogens is 296 g/mol. The molecule has 7 heteroatoms. The normalized spacial score (nSPS) is 14.7. The number of H-pyrrole nitrogens is 1. The van der Waals surface area contributed by atoms with Crippen molar-refractivity contribution in [2.75, 3.05) is 43.1 Å². The predicted octanol–water partition coefficient (Wildman–Crippen LogP) is 1.74. The molecule has 0 aliphatic carbocycles. The molecule has 3 rings (SSSR count). The lowest BCUT2D eigenvalue weighted by Gasteiger charge is -2.32. The minimum Gasteiger partial charge on any atom is -0.497 e. The van der Waals surface area contributed by atoms with Crippen LogP contribution in [0.5, 0.6) is 5.75 Å². The number of ether oxygens (including phenoxy) is 1. The first-order chi connectivity index (χ1) is 11.2. The van der Waals surface area contributed by atoms with Crippen LogP contribution < -0.4 is 19.5 Å². The number of nitro groups is 1. The molecule has 23 heavy (non-hydrogen) atoms. The topological polar surface area (TPSA) is 73.0 Å². The molecule has 7 nitrogen and oxygen atoms in total. The molecular formula is C16H19N4O3+. The Hall–Kier alpha value is -2.83. The molecule has 0 unspecified atom stereocenters. The predicted molar refractivity (Wildman–Crippen MR) is 87.1 cm³/mol. The van der Waals surface area contributed by atoms with Gasteiger partial charge in [-0.3, -0.25) is 15.0 Å². The van der Waals surface area contributed by atoms with Gasteiger partial charge in [-0.25, -0.2) is 4.98 Å². The minimum atomic E-state index is -0.347. The number of hydrogen-bond donors (Lipinski definition) is 0. The summed E-state index contributed by atoms with van der Waals surface area (Å²) in [6.45, 7) is 3.04. The third-order valence-corrected chi connectivity index (χ3v) is 4.02. The van der Waals surface area contributed by atoms with Gasteiger partial charge in [-0.15, -0.1) is 0 Å². The van der Waals surface area contributed by atoms with Crippen LogP contribution in [0.15, 0.2) is 42.6 Å². The van der Waals surface area contributed by atoms with Crippen LogP contribution in [0, 0.1) is 10.1 Å². The third kappa shape index (κ3) is 3.18. The molecule has 0 saturated carbocycles. The molecule has 1 aliphatic rings. The Labute approximate surface area is 134 Å². The summed E-state index contributed by atoms with van der Waals surface area (Å²) in [4.78, 5) is 18.1. The minimum absolute atomic E-state index is 0.113. The summed E-state index contributed by atoms with van der Waals surface area (Å²) < 4.78 is 5.26. The summed E-state index contributed by atoms with van der Waals surface area (Å²) in [5.74, 6) is 1.40. The molecule has 0 radical (unpaired) electrons. The maximum Gasteiger partial charge on any atom is 0.357 e. The lowest BCUT2D eigenvalue weighted by Crippen LogP contribution is -2.48. The monoisotopic (exact) mass is 315 g/mol. The van der Waals surface area contributed by atoms with Crippen molar-refractivity contribution >= 4 is 17.2 Å². The van der Waals surface area contributed by atoms with Crippen LogP contribution in [0.3, 0.4) is 0 Å². The number of piperazine rings is 1. The van der Waals surface area contributed by atoms with Gasteiger partial charge in [0, 0.05) is 17.8 Å². The maximum atomic E-state index is 11.2. The van der Waals surface area contributed by atoms with Gasteiger partial charge in [0.2, 0.25) is 0 Å². The van der Waals surface area contributed by atoms with Gasteiger partial charge in [0.15, 0.2) is 0 Å². The van der Waals surface area contributed by atoms with E-state index in [4.69, 9.17) is 4.74 Å². The molecule has 0 atom stereocenters. The van der Waals surface area contributed by atoms with Gasteiger partial charge < -0.3 is 9.64 Å². The van der Waals surface area contributed by atoms with Crippen LogP contribution in [0.2, 0.25) is 0 Å². The fourth-order valence-electron chi connectivity index (χ4n) is 2.82. The van der Waals surface area contributed by atoms with Crippen LogP contribution >= 0.6 is 0 Å². The van der Waals surface area contributed by atoms with Crippen LogP contribution in [-0.2, 0) is 0 Å². The molecule has 0 bridgehead atoms. The summed E-state index contributed by atoms with van der Waals surface area (Å²) in [6.07, 6.45) is 1.72. The molecule has 0 spiro atoms. The largest absolute Gasteiger partial charge is 0.497 e. The lowest BCUT2D eigenvalue weighted by atomic mass is 10.2. The average molecular weight is 315 g/mol. The van der Waals surface area contributed by atoms with Crippen molar-refractivity contribution in [1.82, 2.24) is 0 Å². The molecule has 1 aliphatic heterocycles. The fourth-order valence-corrected chi connectivity index (χ4v) is 2.82. The van der Waals surface area contributed by atoms with E-state index in [0.29, 0.717) is 5.82 Å². The van der Waals surface area contributed by atoms with E-state index in [-0.39, 0.29) is 10.6 Å². The lowest BCUT2D eigenvalue weighted by molar-refractivity contribution is -0.411. The summed E-state index contributed by atoms with van der Waals surface area (Å²) in [7, 11) is 1.65. The zero-order chi connectivity index (χ0) is 16.2. The number of anilines is 2. The highest BCUT2D eigenvalue weighted by molar-refractivity contribution is 5.56. The molecule has 1 fully saturated rings. The van der Waals surface area contributed by atoms with Crippen molar-refractivity contribution in [3.63, 3.8) is 0 Å². The third-order valence-electron chi connectivity index (χ3n) is 4.02. The SMILES string of the molecule is COc1cccc(N2CCN(c3[nH+]cccc3[N+](=O)[O-])CC2)c1. The quantitative estimate of drug-likeness (QED) is 0.635. The van der Waals surface area contributed by atoms with E-state index in [2.05, 4.69) is 16.0 Å². The van der Waals surface area contributed by atoms with Crippen LogP contribution in [-0.4, -0.2) is 38.2 Å². The highest BCUT2D eigenvalue weighted by Crippen LogP contribution is 2.26. The highest BCUT2D eigenvalue weighted by atomic mass is 16.6. The van der Waals surface area contributed by atoms with E-state index in [0.717, 1.165) is 37.6 Å². The number of methoxy groups -OCH3 is 1. The van der Waals surface area contributed by atoms with E-state index >= 15 is 0 Å². The number of aromatic nitrogens is 1. The second-order valence-corrected chi connectivity index (χ2v) is 5.34. The van der Waals surface area contributed by atoms with Gasteiger partial charge in [-0.05, 0) is 18.2 Å². The first kappa shape index (κ1) is 15.1. The standard InChI is InChI=1S/C16H18N4O3/c1-23-14-5-2-4-13(12-14)18-8-10-19(11-9-18)16-15(20(21)22)6-3-7-17-16/h2-7,12H,8-11H2,1H3/p+1. The molecule has 1 N–H and O–H groups in total. The van der Waals surface area contributed by atoms with Crippen LogP contribution in [0.25, 0.3) is 0 Å². The Morgan fingerprint density at radius 1 is 1.13 bits per heavy atom. The first-order valence-electron chi connectivity index (χ1n) is 7.48. The zero-order valence-electron chi connectivity index (χ0n) is 12.9. The van der Waals surface area contributed by atoms with Gasteiger partial charge in [-0.1, -0.05) is 6.07 Å². The number of nitrogens with zero attached hydrogens (tertiary/aromatic N) is 3. The molecule has 1 saturated heterocycles. The maximum absolute atomic E-state index is 11.2. The Morgan fingerprint density at radius 3 is 2.57 bits per heavy atom. The first-order valence-corrected chi connectivity index (χ1v) is 7.48. The van der Waals surface area contributed by atoms with E-state index in [9.17, 15) is 10.1 Å². The number of aromatic amines is 1. The van der Waals surface area contributed by atoms with E-state index in [1.807, 2.05) is 23.1 Å². The number of benzene rings is 1. The number of pyridine rings is 1. The molecule has 2 aromatic rings. The van der Waals surface area contributed by atoms with Gasteiger partial charge >= 0.3 is 11.5 Å². The number of rotatable bonds is 4. The number of nitrogens with one attached hydrogen (secondary N) is 1. The van der Waals surface area contributed by atoms with Gasteiger partial charge in [0.25, 0.3) is 0 Å². The molecule has 120 valence electrons. The molecule has 1 aromatic carbocycles. The summed E-state index contributed by atoms with van der Waals surface area (Å²) >= 11 is 0. The Bertz CT molecular complexity index is 699. The van der Waals surface area contributed by atoms with Crippen LogP contribution in [0.1, 0.15) is 0 Å². The van der Waals surface area contributed by atoms with Crippen molar-refractivity contribution in [1.29, 1.82) is 0 Å². The van der Waals surface area contributed by atoms with E-state index in [1.54, 1.807) is 19.4 Å². The average Bonchev–Trinajstić information content (AvgIpc) is 2.62. The van der Waals surface area contributed by atoms with Crippen molar-refractivity contribution in [3.05, 3.63) is 52.7 Å². The fraction of sp³-hybridized carbons (Fsp3) is 0.312. The van der Waals surface area contributed by atoms with Crippen molar-refractivity contribution in [3.8, 4) is 5.75 Å². The summed E-state index contributed by atoms with van der Waals surface area (Å²) in [5, 5.41) is 11.2. The summed E-state index contributed by atoms with van der Waals surface area (Å²) in [6, 6.07) is 11.1. The summed E-state index contributed by atoms with van der Waals surface area (Å²) in [5.41, 5.74) is 1.22. The Kier molecular flexibility index (Phi) is 4.27. The van der Waals surface area contributed by atoms with Crippen LogP contribution in [0.4, 0.5) is 17.2 Å². The second-order valence-electron chi connectivity index (χ2n) is 5.34. The second kappa shape index (κ2) is 6.51.